The lowest BCUT2D eigenvalue weighted by atomic mass is 9.94. The summed E-state index contributed by atoms with van der Waals surface area (Å²) in [6.07, 6.45) is 4.98. The Kier molecular flexibility index (Phi) is 6.61. The normalized spacial score (nSPS) is 14.1. The van der Waals surface area contributed by atoms with Gasteiger partial charge in [-0.15, -0.1) is 11.3 Å². The Morgan fingerprint density at radius 3 is 2.71 bits per heavy atom. The van der Waals surface area contributed by atoms with Crippen LogP contribution in [0, 0.1) is 12.8 Å². The van der Waals surface area contributed by atoms with Crippen molar-refractivity contribution in [1.82, 2.24) is 14.8 Å². The molecule has 0 radical (unpaired) electrons. The minimum atomic E-state index is -0.452. The van der Waals surface area contributed by atoms with Crippen LogP contribution in [0.25, 0.3) is 0 Å². The molecule has 2 aromatic heterocycles. The van der Waals surface area contributed by atoms with E-state index < -0.39 is 5.92 Å². The molecule has 6 nitrogen and oxygen atoms in total. The molecule has 0 aliphatic heterocycles. The Morgan fingerprint density at radius 2 is 1.97 bits per heavy atom. The third-order valence-corrected chi connectivity index (χ3v) is 6.66. The zero-order chi connectivity index (χ0) is 21.8. The second-order valence-electron chi connectivity index (χ2n) is 8.23. The van der Waals surface area contributed by atoms with Crippen molar-refractivity contribution in [3.05, 3.63) is 63.9 Å². The molecule has 3 aromatic rings. The lowest BCUT2D eigenvalue weighted by Crippen LogP contribution is -2.35. The molecular formula is C24H28N4O2S. The van der Waals surface area contributed by atoms with Crippen molar-refractivity contribution in [2.24, 2.45) is 5.92 Å². The third kappa shape index (κ3) is 4.93. The molecular weight excluding hydrogens is 408 g/mol. The molecule has 4 rings (SSSR count). The van der Waals surface area contributed by atoms with E-state index in [1.807, 2.05) is 47.3 Å². The van der Waals surface area contributed by atoms with Crippen LogP contribution in [0.2, 0.25) is 0 Å². The first kappa shape index (κ1) is 21.4. The maximum Gasteiger partial charge on any atom is 0.230 e. The molecule has 1 amide bonds. The highest BCUT2D eigenvalue weighted by Crippen LogP contribution is 2.25. The van der Waals surface area contributed by atoms with E-state index in [9.17, 15) is 9.59 Å². The maximum absolute atomic E-state index is 13.3. The van der Waals surface area contributed by atoms with E-state index in [2.05, 4.69) is 10.1 Å². The van der Waals surface area contributed by atoms with E-state index >= 15 is 0 Å². The number of benzene rings is 1. The first-order chi connectivity index (χ1) is 15.0. The van der Waals surface area contributed by atoms with Crippen molar-refractivity contribution in [1.29, 1.82) is 0 Å². The van der Waals surface area contributed by atoms with E-state index in [1.165, 1.54) is 29.0 Å². The van der Waals surface area contributed by atoms with Gasteiger partial charge in [-0.1, -0.05) is 18.2 Å². The number of aromatic nitrogens is 3. The topological polar surface area (TPSA) is 68.1 Å². The fourth-order valence-corrected chi connectivity index (χ4v) is 4.96. The van der Waals surface area contributed by atoms with Gasteiger partial charge in [0.25, 0.3) is 0 Å². The molecule has 0 spiro atoms. The predicted octanol–water partition coefficient (Wildman–Crippen LogP) is 4.01. The average molecular weight is 437 g/mol. The summed E-state index contributed by atoms with van der Waals surface area (Å²) < 4.78 is 1.87. The molecule has 0 N–H and O–H groups in total. The average Bonchev–Trinajstić information content (AvgIpc) is 3.41. The highest BCUT2D eigenvalue weighted by atomic mass is 32.1. The van der Waals surface area contributed by atoms with Gasteiger partial charge in [-0.05, 0) is 50.3 Å². The number of rotatable bonds is 8. The number of anilines is 1. The van der Waals surface area contributed by atoms with Gasteiger partial charge in [-0.3, -0.25) is 14.3 Å². The van der Waals surface area contributed by atoms with Gasteiger partial charge < -0.3 is 4.90 Å². The molecule has 0 saturated carbocycles. The number of hydrogen-bond donors (Lipinski definition) is 0. The number of aryl methyl sites for hydroxylation is 1. The Balaban J connectivity index is 1.50. The Morgan fingerprint density at radius 1 is 1.19 bits per heavy atom. The van der Waals surface area contributed by atoms with Crippen LogP contribution in [-0.2, 0) is 35.4 Å². The molecule has 31 heavy (non-hydrogen) atoms. The third-order valence-electron chi connectivity index (χ3n) is 6.02. The van der Waals surface area contributed by atoms with Crippen molar-refractivity contribution in [3.8, 4) is 0 Å². The van der Waals surface area contributed by atoms with Crippen LogP contribution < -0.4 is 4.90 Å². The van der Waals surface area contributed by atoms with Crippen LogP contribution in [0.5, 0.6) is 0 Å². The minimum Gasteiger partial charge on any atom is -0.315 e. The molecule has 1 aliphatic carbocycles. The summed E-state index contributed by atoms with van der Waals surface area (Å²) in [5.74, 6) is -0.482. The standard InChI is InChI=1S/C24H28N4O2S/c1-17-22-10-6-7-11-23(22)28(26-17)14-21(29)13-18(12-19-15-31-16-25-19)24(30)27(2)20-8-4-3-5-9-20/h3-5,8-9,15-16,18H,6-7,10-14H2,1-2H3/t18-/m1/s1. The van der Waals surface area contributed by atoms with Crippen molar-refractivity contribution in [2.75, 3.05) is 11.9 Å². The number of thiazole rings is 1. The first-order valence-corrected chi connectivity index (χ1v) is 11.7. The number of hydrogen-bond acceptors (Lipinski definition) is 5. The van der Waals surface area contributed by atoms with E-state index in [0.717, 1.165) is 36.3 Å². The summed E-state index contributed by atoms with van der Waals surface area (Å²) >= 11 is 1.50. The van der Waals surface area contributed by atoms with Gasteiger partial charge in [0, 0.05) is 36.7 Å². The highest BCUT2D eigenvalue weighted by molar-refractivity contribution is 7.07. The van der Waals surface area contributed by atoms with Gasteiger partial charge >= 0.3 is 0 Å². The SMILES string of the molecule is Cc1nn(CC(=O)C[C@@H](Cc2cscn2)C(=O)N(C)c2ccccc2)c2c1CCCC2. The van der Waals surface area contributed by atoms with Crippen molar-refractivity contribution >= 4 is 28.7 Å². The summed E-state index contributed by atoms with van der Waals surface area (Å²) in [6.45, 7) is 2.25. The van der Waals surface area contributed by atoms with E-state index in [0.29, 0.717) is 6.42 Å². The molecule has 1 aliphatic rings. The number of para-hydroxylation sites is 1. The van der Waals surface area contributed by atoms with Crippen LogP contribution in [0.1, 0.15) is 41.9 Å². The fourth-order valence-electron chi connectivity index (χ4n) is 4.39. The molecule has 0 unspecified atom stereocenters. The minimum absolute atomic E-state index is 0.0333. The monoisotopic (exact) mass is 436 g/mol. The van der Waals surface area contributed by atoms with E-state index in [4.69, 9.17) is 0 Å². The van der Waals surface area contributed by atoms with E-state index in [1.54, 1.807) is 17.5 Å². The summed E-state index contributed by atoms with van der Waals surface area (Å²) in [7, 11) is 1.77. The van der Waals surface area contributed by atoms with Gasteiger partial charge in [0.15, 0.2) is 5.78 Å². The molecule has 2 heterocycles. The Bertz CT molecular complexity index is 1040. The largest absolute Gasteiger partial charge is 0.315 e. The first-order valence-electron chi connectivity index (χ1n) is 10.8. The summed E-state index contributed by atoms with van der Waals surface area (Å²) in [5.41, 5.74) is 6.96. The van der Waals surface area contributed by atoms with Gasteiger partial charge in [0.1, 0.15) is 0 Å². The predicted molar refractivity (Wildman–Crippen MR) is 122 cm³/mol. The molecule has 1 atom stereocenters. The summed E-state index contributed by atoms with van der Waals surface area (Å²) in [4.78, 5) is 32.4. The molecule has 162 valence electrons. The number of Topliss-reactive ketones (excluding diaryl/α,β-unsaturated/α-hetero) is 1. The van der Waals surface area contributed by atoms with Crippen molar-refractivity contribution in [3.63, 3.8) is 0 Å². The Labute approximate surface area is 186 Å². The molecule has 1 aromatic carbocycles. The second-order valence-corrected chi connectivity index (χ2v) is 8.95. The fraction of sp³-hybridized carbons (Fsp3) is 0.417. The van der Waals surface area contributed by atoms with Crippen LogP contribution >= 0.6 is 11.3 Å². The molecule has 0 bridgehead atoms. The van der Waals surface area contributed by atoms with Gasteiger partial charge in [0.05, 0.1) is 29.4 Å². The number of nitrogens with zero attached hydrogens (tertiary/aromatic N) is 4. The van der Waals surface area contributed by atoms with E-state index in [-0.39, 0.29) is 24.7 Å². The molecule has 0 fully saturated rings. The number of carbonyl (C=O) groups excluding carboxylic acids is 2. The van der Waals surface area contributed by atoms with Crippen molar-refractivity contribution < 1.29 is 9.59 Å². The maximum atomic E-state index is 13.3. The quantitative estimate of drug-likeness (QED) is 0.535. The van der Waals surface area contributed by atoms with Crippen LogP contribution in [0.3, 0.4) is 0 Å². The van der Waals surface area contributed by atoms with Gasteiger partial charge in [-0.2, -0.15) is 5.10 Å². The second kappa shape index (κ2) is 9.56. The smallest absolute Gasteiger partial charge is 0.230 e. The summed E-state index contributed by atoms with van der Waals surface area (Å²) in [6, 6.07) is 9.54. The number of carbonyl (C=O) groups is 2. The van der Waals surface area contributed by atoms with Crippen LogP contribution in [0.4, 0.5) is 5.69 Å². The molecule has 0 saturated heterocycles. The zero-order valence-electron chi connectivity index (χ0n) is 18.1. The van der Waals surface area contributed by atoms with Crippen molar-refractivity contribution in [2.45, 2.75) is 52.0 Å². The molecule has 7 heteroatoms. The van der Waals surface area contributed by atoms with Gasteiger partial charge in [0.2, 0.25) is 5.91 Å². The number of ketones is 1. The summed E-state index contributed by atoms with van der Waals surface area (Å²) in [5, 5.41) is 6.58. The van der Waals surface area contributed by atoms with Crippen LogP contribution in [-0.4, -0.2) is 33.5 Å². The zero-order valence-corrected chi connectivity index (χ0v) is 18.9. The number of amides is 1. The van der Waals surface area contributed by atoms with Crippen LogP contribution in [0.15, 0.2) is 41.2 Å². The lowest BCUT2D eigenvalue weighted by Gasteiger charge is -2.23. The lowest BCUT2D eigenvalue weighted by molar-refractivity contribution is -0.127. The number of fused-ring (bicyclic) bond motifs is 1. The highest BCUT2D eigenvalue weighted by Gasteiger charge is 2.28. The Hall–Kier alpha value is -2.80. The van der Waals surface area contributed by atoms with Gasteiger partial charge in [-0.25, -0.2) is 4.98 Å².